The molecule has 0 aliphatic heterocycles. The van der Waals surface area contributed by atoms with Gasteiger partial charge in [-0.15, -0.1) is 0 Å². The number of halogens is 1. The molecule has 0 aliphatic rings. The van der Waals surface area contributed by atoms with Crippen LogP contribution in [0.15, 0.2) is 54.7 Å². The van der Waals surface area contributed by atoms with Crippen LogP contribution in [0.4, 0.5) is 0 Å². The second-order valence-electron chi connectivity index (χ2n) is 5.21. The summed E-state index contributed by atoms with van der Waals surface area (Å²) in [4.78, 5) is 12.2. The summed E-state index contributed by atoms with van der Waals surface area (Å²) in [5.74, 6) is 0.680. The van der Waals surface area contributed by atoms with Gasteiger partial charge < -0.3 is 14.6 Å². The third kappa shape index (κ3) is 3.32. The van der Waals surface area contributed by atoms with Crippen LogP contribution in [0.5, 0.6) is 5.75 Å². The highest BCUT2D eigenvalue weighted by Crippen LogP contribution is 2.26. The molecule has 0 spiro atoms. The number of hydrogen-bond donors (Lipinski definition) is 1. The Morgan fingerprint density at radius 3 is 2.78 bits per heavy atom. The standard InChI is InChI=1S/C18H17ClN2O2/c1-23-16-8-4-6-13-9-10-21(18(13)16)12-17(22)20-11-14-5-2-3-7-15(14)19/h2-10H,11-12H2,1H3,(H,20,22). The SMILES string of the molecule is COc1cccc2ccn(CC(=O)NCc3ccccc3Cl)c12. The maximum atomic E-state index is 12.2. The van der Waals surface area contributed by atoms with Gasteiger partial charge in [-0.2, -0.15) is 0 Å². The number of carbonyl (C=O) groups is 1. The van der Waals surface area contributed by atoms with Crippen LogP contribution in [0.3, 0.4) is 0 Å². The van der Waals surface area contributed by atoms with Crippen molar-refractivity contribution in [1.29, 1.82) is 0 Å². The lowest BCUT2D eigenvalue weighted by atomic mass is 10.2. The summed E-state index contributed by atoms with van der Waals surface area (Å²) in [5.41, 5.74) is 1.82. The molecule has 5 heteroatoms. The summed E-state index contributed by atoms with van der Waals surface area (Å²) in [6.07, 6.45) is 1.89. The van der Waals surface area contributed by atoms with Crippen LogP contribution in [0.1, 0.15) is 5.56 Å². The third-order valence-electron chi connectivity index (χ3n) is 3.72. The number of amides is 1. The van der Waals surface area contributed by atoms with E-state index in [0.29, 0.717) is 11.6 Å². The molecule has 0 saturated carbocycles. The number of nitrogens with one attached hydrogen (secondary N) is 1. The molecule has 0 aliphatic carbocycles. The van der Waals surface area contributed by atoms with Crippen molar-refractivity contribution in [2.24, 2.45) is 0 Å². The van der Waals surface area contributed by atoms with Gasteiger partial charge in [0.2, 0.25) is 5.91 Å². The first-order valence-corrected chi connectivity index (χ1v) is 7.69. The summed E-state index contributed by atoms with van der Waals surface area (Å²) < 4.78 is 7.27. The number of benzene rings is 2. The molecule has 2 aromatic carbocycles. The lowest BCUT2D eigenvalue weighted by Crippen LogP contribution is -2.27. The first kappa shape index (κ1) is 15.4. The predicted molar refractivity (Wildman–Crippen MR) is 91.8 cm³/mol. The zero-order valence-electron chi connectivity index (χ0n) is 12.8. The first-order valence-electron chi connectivity index (χ1n) is 7.31. The van der Waals surface area contributed by atoms with E-state index >= 15 is 0 Å². The molecule has 1 amide bonds. The van der Waals surface area contributed by atoms with E-state index in [4.69, 9.17) is 16.3 Å². The van der Waals surface area contributed by atoms with Crippen LogP contribution in [-0.4, -0.2) is 17.6 Å². The van der Waals surface area contributed by atoms with Crippen molar-refractivity contribution in [3.63, 3.8) is 0 Å². The summed E-state index contributed by atoms with van der Waals surface area (Å²) >= 11 is 6.10. The monoisotopic (exact) mass is 328 g/mol. The minimum Gasteiger partial charge on any atom is -0.495 e. The molecule has 1 heterocycles. The van der Waals surface area contributed by atoms with Crippen molar-refractivity contribution in [2.45, 2.75) is 13.1 Å². The van der Waals surface area contributed by atoms with Gasteiger partial charge in [-0.1, -0.05) is 41.9 Å². The molecule has 0 radical (unpaired) electrons. The smallest absolute Gasteiger partial charge is 0.240 e. The molecule has 4 nitrogen and oxygen atoms in total. The first-order chi connectivity index (χ1) is 11.2. The quantitative estimate of drug-likeness (QED) is 0.777. The molecule has 0 unspecified atom stereocenters. The van der Waals surface area contributed by atoms with Crippen LogP contribution < -0.4 is 10.1 Å². The predicted octanol–water partition coefficient (Wildman–Crippen LogP) is 3.62. The minimum atomic E-state index is -0.0756. The highest BCUT2D eigenvalue weighted by molar-refractivity contribution is 6.31. The number of hydrogen-bond acceptors (Lipinski definition) is 2. The topological polar surface area (TPSA) is 43.3 Å². The highest BCUT2D eigenvalue weighted by atomic mass is 35.5. The van der Waals surface area contributed by atoms with Gasteiger partial charge in [0.25, 0.3) is 0 Å². The summed E-state index contributed by atoms with van der Waals surface area (Å²) in [6, 6.07) is 15.3. The van der Waals surface area contributed by atoms with Crippen molar-refractivity contribution in [3.8, 4) is 5.75 Å². The molecule has 1 aromatic heterocycles. The normalized spacial score (nSPS) is 10.7. The molecule has 1 N–H and O–H groups in total. The molecule has 0 atom stereocenters. The number of aromatic nitrogens is 1. The molecule has 118 valence electrons. The number of para-hydroxylation sites is 1. The maximum absolute atomic E-state index is 12.2. The van der Waals surface area contributed by atoms with Gasteiger partial charge in [-0.05, 0) is 23.8 Å². The largest absolute Gasteiger partial charge is 0.495 e. The molecule has 23 heavy (non-hydrogen) atoms. The average molecular weight is 329 g/mol. The highest BCUT2D eigenvalue weighted by Gasteiger charge is 2.10. The van der Waals surface area contributed by atoms with Gasteiger partial charge in [0.1, 0.15) is 12.3 Å². The molecule has 3 aromatic rings. The number of rotatable bonds is 5. The fourth-order valence-electron chi connectivity index (χ4n) is 2.57. The van der Waals surface area contributed by atoms with Crippen molar-refractivity contribution in [1.82, 2.24) is 9.88 Å². The van der Waals surface area contributed by atoms with Crippen LogP contribution in [0, 0.1) is 0 Å². The zero-order chi connectivity index (χ0) is 16.2. The van der Waals surface area contributed by atoms with E-state index in [0.717, 1.165) is 22.2 Å². The number of ether oxygens (including phenoxy) is 1. The van der Waals surface area contributed by atoms with Crippen molar-refractivity contribution in [3.05, 3.63) is 65.3 Å². The van der Waals surface area contributed by atoms with Gasteiger partial charge in [-0.25, -0.2) is 0 Å². The maximum Gasteiger partial charge on any atom is 0.240 e. The Kier molecular flexibility index (Phi) is 4.53. The van der Waals surface area contributed by atoms with Crippen molar-refractivity contribution < 1.29 is 9.53 Å². The molecule has 0 saturated heterocycles. The Labute approximate surface area is 139 Å². The van der Waals surface area contributed by atoms with Gasteiger partial charge >= 0.3 is 0 Å². The van der Waals surface area contributed by atoms with Crippen molar-refractivity contribution >= 4 is 28.4 Å². The number of fused-ring (bicyclic) bond motifs is 1. The Morgan fingerprint density at radius 1 is 1.17 bits per heavy atom. The van der Waals surface area contributed by atoms with Gasteiger partial charge in [0.15, 0.2) is 0 Å². The van der Waals surface area contributed by atoms with E-state index in [1.165, 1.54) is 0 Å². The molecule has 0 bridgehead atoms. The van der Waals surface area contributed by atoms with E-state index in [1.54, 1.807) is 7.11 Å². The molecule has 3 rings (SSSR count). The number of methoxy groups -OCH3 is 1. The second kappa shape index (κ2) is 6.75. The van der Waals surface area contributed by atoms with E-state index in [2.05, 4.69) is 5.32 Å². The summed E-state index contributed by atoms with van der Waals surface area (Å²) in [7, 11) is 1.63. The van der Waals surface area contributed by atoms with E-state index in [9.17, 15) is 4.79 Å². The zero-order valence-corrected chi connectivity index (χ0v) is 13.5. The summed E-state index contributed by atoms with van der Waals surface area (Å²) in [5, 5.41) is 4.59. The van der Waals surface area contributed by atoms with Gasteiger partial charge in [0, 0.05) is 23.2 Å². The summed E-state index contributed by atoms with van der Waals surface area (Å²) in [6.45, 7) is 0.642. The lowest BCUT2D eigenvalue weighted by molar-refractivity contribution is -0.121. The molecule has 0 fully saturated rings. The Morgan fingerprint density at radius 2 is 2.00 bits per heavy atom. The van der Waals surface area contributed by atoms with E-state index in [1.807, 2.05) is 59.3 Å². The third-order valence-corrected chi connectivity index (χ3v) is 4.09. The van der Waals surface area contributed by atoms with Crippen LogP contribution >= 0.6 is 11.6 Å². The lowest BCUT2D eigenvalue weighted by Gasteiger charge is -2.10. The fourth-order valence-corrected chi connectivity index (χ4v) is 2.77. The van der Waals surface area contributed by atoms with Crippen molar-refractivity contribution in [2.75, 3.05) is 7.11 Å². The van der Waals surface area contributed by atoms with Gasteiger partial charge in [0.05, 0.1) is 12.6 Å². The van der Waals surface area contributed by atoms with Crippen LogP contribution in [0.25, 0.3) is 10.9 Å². The molecular formula is C18H17ClN2O2. The van der Waals surface area contributed by atoms with Gasteiger partial charge in [-0.3, -0.25) is 4.79 Å². The Hall–Kier alpha value is -2.46. The van der Waals surface area contributed by atoms with Crippen LogP contribution in [-0.2, 0) is 17.9 Å². The van der Waals surface area contributed by atoms with E-state index in [-0.39, 0.29) is 12.5 Å². The fraction of sp³-hybridized carbons (Fsp3) is 0.167. The number of nitrogens with zero attached hydrogens (tertiary/aromatic N) is 1. The number of carbonyl (C=O) groups excluding carboxylic acids is 1. The molecular weight excluding hydrogens is 312 g/mol. The Balaban J connectivity index is 1.72. The Bertz CT molecular complexity index is 842. The average Bonchev–Trinajstić information content (AvgIpc) is 2.97. The van der Waals surface area contributed by atoms with E-state index < -0.39 is 0 Å². The minimum absolute atomic E-state index is 0.0756. The second-order valence-corrected chi connectivity index (χ2v) is 5.62. The van der Waals surface area contributed by atoms with Crippen LogP contribution in [0.2, 0.25) is 5.02 Å².